The zero-order valence-corrected chi connectivity index (χ0v) is 26.7. The lowest BCUT2D eigenvalue weighted by molar-refractivity contribution is -0.213. The molecule has 0 aromatic carbocycles. The van der Waals surface area contributed by atoms with Gasteiger partial charge < -0.3 is 28.5 Å². The largest absolute Gasteiger partial charge is 0.472 e. The van der Waals surface area contributed by atoms with E-state index in [0.717, 1.165) is 16.7 Å². The number of ketones is 1. The number of fused-ring (bicyclic) bond motifs is 4. The number of methoxy groups -OCH3 is 3. The van der Waals surface area contributed by atoms with E-state index in [-0.39, 0.29) is 18.6 Å². The summed E-state index contributed by atoms with van der Waals surface area (Å²) in [6.07, 6.45) is 1.48. The van der Waals surface area contributed by atoms with Crippen molar-refractivity contribution in [1.29, 1.82) is 0 Å². The van der Waals surface area contributed by atoms with Gasteiger partial charge in [-0.1, -0.05) is 52.7 Å². The van der Waals surface area contributed by atoms with Gasteiger partial charge in [0, 0.05) is 34.8 Å². The van der Waals surface area contributed by atoms with Crippen LogP contribution in [0, 0.1) is 39.9 Å². The summed E-state index contributed by atoms with van der Waals surface area (Å²) in [6, 6.07) is 1.83. The summed E-state index contributed by atoms with van der Waals surface area (Å²) in [4.78, 5) is 53.5. The van der Waals surface area contributed by atoms with Gasteiger partial charge in [-0.3, -0.25) is 14.4 Å². The van der Waals surface area contributed by atoms with E-state index in [1.54, 1.807) is 33.5 Å². The van der Waals surface area contributed by atoms with Crippen molar-refractivity contribution in [3.63, 3.8) is 0 Å². The van der Waals surface area contributed by atoms with Gasteiger partial charge in [0.1, 0.15) is 11.9 Å². The van der Waals surface area contributed by atoms with Gasteiger partial charge in [0.15, 0.2) is 6.10 Å². The molecule has 2 saturated carbocycles. The first-order valence-corrected chi connectivity index (χ1v) is 15.0. The van der Waals surface area contributed by atoms with Crippen molar-refractivity contribution in [1.82, 2.24) is 0 Å². The van der Waals surface area contributed by atoms with Gasteiger partial charge in [0.05, 0.1) is 51.1 Å². The molecular formula is C33H46O10. The number of hydrogen-bond donors (Lipinski definition) is 1. The molecule has 1 aromatic heterocycles. The van der Waals surface area contributed by atoms with Gasteiger partial charge in [-0.15, -0.1) is 0 Å². The van der Waals surface area contributed by atoms with Crippen molar-refractivity contribution >= 4 is 23.7 Å². The molecule has 3 aliphatic rings. The number of rotatable bonds is 9. The number of Topliss-reactive ketones (excluding diaryl/α,β-unsaturated/α-hetero) is 1. The highest BCUT2D eigenvalue weighted by Gasteiger charge is 2.70. The Labute approximate surface area is 253 Å². The van der Waals surface area contributed by atoms with Crippen LogP contribution in [0.5, 0.6) is 0 Å². The first kappa shape index (κ1) is 32.9. The summed E-state index contributed by atoms with van der Waals surface area (Å²) in [5.74, 6) is -4.46. The summed E-state index contributed by atoms with van der Waals surface area (Å²) >= 11 is 0. The molecule has 1 N–H and O–H groups in total. The summed E-state index contributed by atoms with van der Waals surface area (Å²) in [5, 5.41) is 11.5. The molecule has 0 amide bonds. The Hall–Kier alpha value is -2.98. The third-order valence-corrected chi connectivity index (χ3v) is 10.7. The van der Waals surface area contributed by atoms with E-state index in [4.69, 9.17) is 23.4 Å². The molecule has 238 valence electrons. The maximum Gasteiger partial charge on any atom is 0.335 e. The molecule has 0 saturated heterocycles. The van der Waals surface area contributed by atoms with E-state index in [9.17, 15) is 24.3 Å². The molecule has 10 heteroatoms. The highest BCUT2D eigenvalue weighted by atomic mass is 16.6. The van der Waals surface area contributed by atoms with Crippen molar-refractivity contribution in [2.75, 3.05) is 21.3 Å². The third kappa shape index (κ3) is 5.14. The van der Waals surface area contributed by atoms with Crippen molar-refractivity contribution < 1.29 is 47.6 Å². The van der Waals surface area contributed by atoms with Crippen LogP contribution in [-0.4, -0.2) is 62.3 Å². The molecule has 1 aromatic rings. The monoisotopic (exact) mass is 602 g/mol. The number of furan rings is 1. The molecule has 0 radical (unpaired) electrons. The fraction of sp³-hybridized carbons (Fsp3) is 0.697. The predicted molar refractivity (Wildman–Crippen MR) is 154 cm³/mol. The first-order valence-electron chi connectivity index (χ1n) is 15.0. The van der Waals surface area contributed by atoms with Crippen LogP contribution in [0.4, 0.5) is 0 Å². The van der Waals surface area contributed by atoms with Crippen LogP contribution < -0.4 is 0 Å². The third-order valence-electron chi connectivity index (χ3n) is 10.7. The van der Waals surface area contributed by atoms with Crippen molar-refractivity contribution in [3.05, 3.63) is 35.3 Å². The van der Waals surface area contributed by atoms with Crippen molar-refractivity contribution in [2.24, 2.45) is 39.9 Å². The smallest absolute Gasteiger partial charge is 0.335 e. The molecule has 0 unspecified atom stereocenters. The molecule has 43 heavy (non-hydrogen) atoms. The molecule has 2 fully saturated rings. The van der Waals surface area contributed by atoms with Crippen LogP contribution in [0.25, 0.3) is 0 Å². The molecule has 0 aliphatic heterocycles. The molecule has 10 nitrogen and oxygen atoms in total. The highest BCUT2D eigenvalue weighted by molar-refractivity contribution is 5.93. The number of carbonyl (C=O) groups excluding carboxylic acids is 4. The zero-order valence-electron chi connectivity index (χ0n) is 26.7. The second-order valence-corrected chi connectivity index (χ2v) is 13.7. The van der Waals surface area contributed by atoms with Crippen LogP contribution in [-0.2, 0) is 38.1 Å². The number of carbonyl (C=O) groups is 4. The lowest BCUT2D eigenvalue weighted by Gasteiger charge is -2.63. The van der Waals surface area contributed by atoms with E-state index in [1.165, 1.54) is 14.2 Å². The second-order valence-electron chi connectivity index (χ2n) is 13.7. The Morgan fingerprint density at radius 2 is 1.74 bits per heavy atom. The van der Waals surface area contributed by atoms with E-state index in [0.29, 0.717) is 12.8 Å². The van der Waals surface area contributed by atoms with Gasteiger partial charge in [-0.05, 0) is 31.2 Å². The molecule has 3 aliphatic carbocycles. The van der Waals surface area contributed by atoms with Crippen LogP contribution in [0.1, 0.15) is 78.9 Å². The normalized spacial score (nSPS) is 33.0. The Morgan fingerprint density at radius 1 is 1.07 bits per heavy atom. The first-order chi connectivity index (χ1) is 20.1. The van der Waals surface area contributed by atoms with Crippen molar-refractivity contribution in [3.8, 4) is 0 Å². The van der Waals surface area contributed by atoms with Gasteiger partial charge in [-0.25, -0.2) is 4.79 Å². The lowest BCUT2D eigenvalue weighted by atomic mass is 9.40. The fourth-order valence-electron chi connectivity index (χ4n) is 8.75. The fourth-order valence-corrected chi connectivity index (χ4v) is 8.75. The number of aliphatic hydroxyl groups is 1. The van der Waals surface area contributed by atoms with E-state index >= 15 is 0 Å². The van der Waals surface area contributed by atoms with E-state index in [1.807, 2.05) is 33.8 Å². The Kier molecular flexibility index (Phi) is 9.07. The minimum absolute atomic E-state index is 0.0302. The van der Waals surface area contributed by atoms with Gasteiger partial charge in [0.25, 0.3) is 0 Å². The average molecular weight is 603 g/mol. The Morgan fingerprint density at radius 3 is 2.28 bits per heavy atom. The Balaban J connectivity index is 2.00. The molecule has 2 bridgehead atoms. The maximum absolute atomic E-state index is 14.6. The molecule has 4 rings (SSSR count). The van der Waals surface area contributed by atoms with Crippen molar-refractivity contribution in [2.45, 2.75) is 85.5 Å². The number of hydrogen-bond acceptors (Lipinski definition) is 10. The minimum atomic E-state index is -1.65. The Bertz CT molecular complexity index is 1280. The zero-order chi connectivity index (χ0) is 32.1. The van der Waals surface area contributed by atoms with Gasteiger partial charge in [0.2, 0.25) is 0 Å². The van der Waals surface area contributed by atoms with E-state index in [2.05, 4.69) is 0 Å². The molecule has 8 atom stereocenters. The lowest BCUT2D eigenvalue weighted by Crippen LogP contribution is -2.69. The predicted octanol–water partition coefficient (Wildman–Crippen LogP) is 4.60. The number of ether oxygens (including phenoxy) is 4. The summed E-state index contributed by atoms with van der Waals surface area (Å²) < 4.78 is 27.6. The highest BCUT2D eigenvalue weighted by Crippen LogP contribution is 2.67. The van der Waals surface area contributed by atoms with Gasteiger partial charge in [-0.2, -0.15) is 0 Å². The minimum Gasteiger partial charge on any atom is -0.472 e. The second kappa shape index (κ2) is 11.8. The van der Waals surface area contributed by atoms with Crippen LogP contribution in [0.2, 0.25) is 0 Å². The van der Waals surface area contributed by atoms with Crippen LogP contribution >= 0.6 is 0 Å². The summed E-state index contributed by atoms with van der Waals surface area (Å²) in [7, 11) is 4.14. The standard InChI is InChI=1S/C33H46O10/c1-17(2)29(37)43-28-20-14-19-21(33(6,26(20)36)25(31(28,3)4)24(35)30(38)41-9)10-12-32(5,22(19)15-23(34)39-7)27(40-8)18-11-13-42-16-18/h11,13,16-17,20-21,24-25,27-28,35H,10,12,14-15H2,1-9H3/t20-,21+,24-,25-,27+,28-,32-,33-/m1/s1. The summed E-state index contributed by atoms with van der Waals surface area (Å²) in [6.45, 7) is 11.0. The molecule has 0 spiro atoms. The number of aliphatic hydroxyl groups excluding tert-OH is 1. The summed E-state index contributed by atoms with van der Waals surface area (Å²) in [5.41, 5.74) is -0.385. The maximum atomic E-state index is 14.6. The topological polar surface area (TPSA) is 139 Å². The molecular weight excluding hydrogens is 556 g/mol. The quantitative estimate of drug-likeness (QED) is 0.242. The van der Waals surface area contributed by atoms with Crippen LogP contribution in [0.3, 0.4) is 0 Å². The van der Waals surface area contributed by atoms with E-state index < -0.39 is 76.1 Å². The van der Waals surface area contributed by atoms with Crippen LogP contribution in [0.15, 0.2) is 34.2 Å². The SMILES string of the molecule is COC(=O)CC1=C2C[C@@H]3C(=O)[C@@](C)([C@H]([C@@H](O)C(=O)OC)C(C)(C)[C@@H]3OC(=O)C(C)C)[C@H]2CC[C@@]1(C)[C@@H](OC)c1ccoc1. The average Bonchev–Trinajstić information content (AvgIpc) is 3.48. The number of esters is 3. The molecule has 1 heterocycles. The van der Waals surface area contributed by atoms with Gasteiger partial charge >= 0.3 is 17.9 Å². The number of allylic oxidation sites excluding steroid dienone is 1.